The Hall–Kier alpha value is -0.730. The molecule has 9 heavy (non-hydrogen) atoms. The van der Waals surface area contributed by atoms with E-state index >= 15 is 0 Å². The van der Waals surface area contributed by atoms with Crippen molar-refractivity contribution in [1.82, 2.24) is 0 Å². The van der Waals surface area contributed by atoms with Crippen molar-refractivity contribution >= 4 is 6.16 Å². The third kappa shape index (κ3) is 3.82. The normalized spacial score (nSPS) is 9.67. The van der Waals surface area contributed by atoms with Crippen molar-refractivity contribution in [2.75, 3.05) is 0 Å². The van der Waals surface area contributed by atoms with Gasteiger partial charge in [-0.05, 0) is 12.8 Å². The molecule has 0 aliphatic heterocycles. The smallest absolute Gasteiger partial charge is 0.252 e. The lowest BCUT2D eigenvalue weighted by molar-refractivity contribution is -0.287. The molecule has 0 N–H and O–H groups in total. The molecule has 0 saturated heterocycles. The highest BCUT2D eigenvalue weighted by molar-refractivity contribution is 5.54. The van der Waals surface area contributed by atoms with E-state index in [9.17, 15) is 9.90 Å². The number of carboxylic acid groups (broad SMARTS) is 1. The highest BCUT2D eigenvalue weighted by Crippen LogP contribution is 2.00. The largest absolute Gasteiger partial charge is 0.546 e. The van der Waals surface area contributed by atoms with Gasteiger partial charge in [0.05, 0.1) is 0 Å². The van der Waals surface area contributed by atoms with Gasteiger partial charge < -0.3 is 14.6 Å². The second-order valence-electron chi connectivity index (χ2n) is 1.81. The summed E-state index contributed by atoms with van der Waals surface area (Å²) in [5, 5.41) is 9.79. The van der Waals surface area contributed by atoms with Gasteiger partial charge in [-0.1, -0.05) is 13.8 Å². The molecule has 0 aliphatic carbocycles. The maximum absolute atomic E-state index is 9.79. The summed E-state index contributed by atoms with van der Waals surface area (Å²) < 4.78 is 4.35. The number of rotatable bonds is 3. The number of carbonyl (C=O) groups excluding carboxylic acids is 1. The van der Waals surface area contributed by atoms with E-state index in [1.165, 1.54) is 0 Å². The number of carbonyl (C=O) groups is 1. The molecule has 54 valence electrons. The Kier molecular flexibility index (Phi) is 3.84. The van der Waals surface area contributed by atoms with Crippen molar-refractivity contribution < 1.29 is 14.6 Å². The zero-order chi connectivity index (χ0) is 7.28. The van der Waals surface area contributed by atoms with E-state index in [0.29, 0.717) is 12.8 Å². The first-order valence-corrected chi connectivity index (χ1v) is 3.08. The van der Waals surface area contributed by atoms with Gasteiger partial charge in [0, 0.05) is 6.10 Å². The molecule has 0 saturated carbocycles. The van der Waals surface area contributed by atoms with Crippen LogP contribution in [0.25, 0.3) is 0 Å². The van der Waals surface area contributed by atoms with Gasteiger partial charge in [-0.2, -0.15) is 0 Å². The summed E-state index contributed by atoms with van der Waals surface area (Å²) in [5.74, 6) is 0. The zero-order valence-corrected chi connectivity index (χ0v) is 5.72. The highest BCUT2D eigenvalue weighted by atomic mass is 16.7. The SMILES string of the molecule is CCC(CC)OC(=O)[O-]. The first-order valence-electron chi connectivity index (χ1n) is 3.08. The lowest BCUT2D eigenvalue weighted by Crippen LogP contribution is -2.28. The Morgan fingerprint density at radius 3 is 2.11 bits per heavy atom. The van der Waals surface area contributed by atoms with Crippen molar-refractivity contribution in [3.8, 4) is 0 Å². The van der Waals surface area contributed by atoms with Crippen molar-refractivity contribution in [1.29, 1.82) is 0 Å². The third-order valence-electron chi connectivity index (χ3n) is 1.17. The first kappa shape index (κ1) is 8.27. The minimum absolute atomic E-state index is 0.185. The highest BCUT2D eigenvalue weighted by Gasteiger charge is 1.98. The van der Waals surface area contributed by atoms with Crippen LogP contribution in [0.15, 0.2) is 0 Å². The van der Waals surface area contributed by atoms with Crippen LogP contribution in [0.2, 0.25) is 0 Å². The average Bonchev–Trinajstić information content (AvgIpc) is 1.82. The van der Waals surface area contributed by atoms with E-state index in [4.69, 9.17) is 0 Å². The molecule has 0 aromatic heterocycles. The molecule has 0 bridgehead atoms. The Labute approximate surface area is 54.6 Å². The van der Waals surface area contributed by atoms with E-state index in [0.717, 1.165) is 0 Å². The molecule has 0 spiro atoms. The maximum Gasteiger partial charge on any atom is 0.252 e. The molecule has 0 unspecified atom stereocenters. The van der Waals surface area contributed by atoms with Crippen LogP contribution in [0, 0.1) is 0 Å². The molecule has 3 nitrogen and oxygen atoms in total. The Bertz CT molecular complexity index is 86.3. The van der Waals surface area contributed by atoms with E-state index < -0.39 is 6.16 Å². The van der Waals surface area contributed by atoms with Crippen LogP contribution < -0.4 is 5.11 Å². The van der Waals surface area contributed by atoms with Crippen LogP contribution in [-0.2, 0) is 4.74 Å². The number of hydrogen-bond acceptors (Lipinski definition) is 3. The fourth-order valence-electron chi connectivity index (χ4n) is 0.591. The average molecular weight is 131 g/mol. The van der Waals surface area contributed by atoms with Crippen molar-refractivity contribution in [3.63, 3.8) is 0 Å². The quantitative estimate of drug-likeness (QED) is 0.525. The fourth-order valence-corrected chi connectivity index (χ4v) is 0.591. The fraction of sp³-hybridized carbons (Fsp3) is 0.833. The molecule has 0 atom stereocenters. The van der Waals surface area contributed by atoms with Crippen LogP contribution in [0.3, 0.4) is 0 Å². The maximum atomic E-state index is 9.79. The monoisotopic (exact) mass is 131 g/mol. The Balaban J connectivity index is 3.43. The molecular formula is C6H11O3-. The van der Waals surface area contributed by atoms with Gasteiger partial charge in [-0.3, -0.25) is 0 Å². The lowest BCUT2D eigenvalue weighted by atomic mass is 10.2. The summed E-state index contributed by atoms with van der Waals surface area (Å²) in [6.45, 7) is 3.74. The molecule has 0 fully saturated rings. The second kappa shape index (κ2) is 4.18. The summed E-state index contributed by atoms with van der Waals surface area (Å²) in [6.07, 6.45) is -0.187. The van der Waals surface area contributed by atoms with E-state index in [2.05, 4.69) is 4.74 Å². The molecule has 0 rings (SSSR count). The van der Waals surface area contributed by atoms with E-state index in [1.54, 1.807) is 0 Å². The Morgan fingerprint density at radius 1 is 1.56 bits per heavy atom. The van der Waals surface area contributed by atoms with Gasteiger partial charge in [-0.25, -0.2) is 0 Å². The number of ether oxygens (including phenoxy) is 1. The predicted molar refractivity (Wildman–Crippen MR) is 30.9 cm³/mol. The molecule has 0 aromatic rings. The molecule has 0 aromatic carbocycles. The summed E-state index contributed by atoms with van der Waals surface area (Å²) in [4.78, 5) is 9.79. The first-order chi connectivity index (χ1) is 4.20. The van der Waals surface area contributed by atoms with Gasteiger partial charge in [0.15, 0.2) is 0 Å². The predicted octanol–water partition coefficient (Wildman–Crippen LogP) is 0.535. The van der Waals surface area contributed by atoms with Gasteiger partial charge in [0.1, 0.15) is 0 Å². The topological polar surface area (TPSA) is 49.4 Å². The minimum Gasteiger partial charge on any atom is -0.546 e. The van der Waals surface area contributed by atoms with Gasteiger partial charge >= 0.3 is 0 Å². The summed E-state index contributed by atoms with van der Waals surface area (Å²) in [6, 6.07) is 0. The molecule has 0 amide bonds. The summed E-state index contributed by atoms with van der Waals surface area (Å²) in [5.41, 5.74) is 0. The van der Waals surface area contributed by atoms with Gasteiger partial charge in [0.25, 0.3) is 6.16 Å². The van der Waals surface area contributed by atoms with Crippen molar-refractivity contribution in [2.45, 2.75) is 32.8 Å². The van der Waals surface area contributed by atoms with Crippen molar-refractivity contribution in [3.05, 3.63) is 0 Å². The van der Waals surface area contributed by atoms with Gasteiger partial charge in [0.2, 0.25) is 0 Å². The van der Waals surface area contributed by atoms with Crippen molar-refractivity contribution in [2.24, 2.45) is 0 Å². The van der Waals surface area contributed by atoms with Crippen LogP contribution in [-0.4, -0.2) is 12.3 Å². The van der Waals surface area contributed by atoms with Gasteiger partial charge in [-0.15, -0.1) is 0 Å². The molecule has 0 radical (unpaired) electrons. The molecule has 0 aliphatic rings. The molecular weight excluding hydrogens is 120 g/mol. The van der Waals surface area contributed by atoms with E-state index in [1.807, 2.05) is 13.8 Å². The lowest BCUT2D eigenvalue weighted by Gasteiger charge is -2.17. The van der Waals surface area contributed by atoms with E-state index in [-0.39, 0.29) is 6.10 Å². The van der Waals surface area contributed by atoms with Crippen LogP contribution in [0.5, 0.6) is 0 Å². The standard InChI is InChI=1S/C6H12O3/c1-3-5(4-2)9-6(7)8/h5H,3-4H2,1-2H3,(H,7,8)/p-1. The Morgan fingerprint density at radius 2 is 2.00 bits per heavy atom. The number of hydrogen-bond donors (Lipinski definition) is 0. The van der Waals surface area contributed by atoms with Crippen LogP contribution in [0.1, 0.15) is 26.7 Å². The summed E-state index contributed by atoms with van der Waals surface area (Å²) in [7, 11) is 0. The molecule has 0 heterocycles. The second-order valence-corrected chi connectivity index (χ2v) is 1.81. The summed E-state index contributed by atoms with van der Waals surface area (Å²) >= 11 is 0. The zero-order valence-electron chi connectivity index (χ0n) is 5.72. The van der Waals surface area contributed by atoms with Crippen LogP contribution >= 0.6 is 0 Å². The van der Waals surface area contributed by atoms with Crippen LogP contribution in [0.4, 0.5) is 4.79 Å². The third-order valence-corrected chi connectivity index (χ3v) is 1.17. The molecule has 3 heteroatoms. The minimum atomic E-state index is -1.43.